The third-order valence-corrected chi connectivity index (χ3v) is 2.66. The highest BCUT2D eigenvalue weighted by molar-refractivity contribution is 5.85. The Bertz CT molecular complexity index is 534. The molecule has 0 radical (unpaired) electrons. The van der Waals surface area contributed by atoms with Crippen LogP contribution in [0, 0.1) is 0 Å². The lowest BCUT2D eigenvalue weighted by molar-refractivity contribution is -0.142. The van der Waals surface area contributed by atoms with Crippen LogP contribution >= 0.6 is 0 Å². The summed E-state index contributed by atoms with van der Waals surface area (Å²) in [5.74, 6) is -0.427. The van der Waals surface area contributed by atoms with Crippen molar-refractivity contribution in [2.45, 2.75) is 12.5 Å². The maximum absolute atomic E-state index is 11.1. The summed E-state index contributed by atoms with van der Waals surface area (Å²) >= 11 is 0. The Balaban J connectivity index is 2.38. The number of hydrogen-bond acceptors (Lipinski definition) is 4. The number of aromatic nitrogens is 1. The summed E-state index contributed by atoms with van der Waals surface area (Å²) < 4.78 is 4.54. The van der Waals surface area contributed by atoms with Gasteiger partial charge in [0.05, 0.1) is 19.6 Å². The fourth-order valence-electron chi connectivity index (χ4n) is 1.79. The number of ether oxygens (including phenoxy) is 1. The van der Waals surface area contributed by atoms with E-state index in [2.05, 4.69) is 9.72 Å². The average molecular weight is 231 g/mol. The molecule has 1 atom stereocenters. The largest absolute Gasteiger partial charge is 0.469 e. The third kappa shape index (κ3) is 2.42. The van der Waals surface area contributed by atoms with Crippen molar-refractivity contribution >= 4 is 16.7 Å². The first-order valence-corrected chi connectivity index (χ1v) is 5.30. The Morgan fingerprint density at radius 2 is 2.29 bits per heavy atom. The van der Waals surface area contributed by atoms with E-state index >= 15 is 0 Å². The van der Waals surface area contributed by atoms with Gasteiger partial charge in [-0.3, -0.25) is 9.78 Å². The van der Waals surface area contributed by atoms with E-state index in [1.54, 1.807) is 18.5 Å². The van der Waals surface area contributed by atoms with Crippen molar-refractivity contribution in [3.8, 4) is 0 Å². The maximum Gasteiger partial charge on any atom is 0.308 e. The standard InChI is InChI=1S/C13H13NO3/c1-17-13(16)7-12(15)11-4-2-3-9-8-14-6-5-10(9)11/h2-6,8,12,15H,7H2,1H3/t12-/m1/s1. The fourth-order valence-corrected chi connectivity index (χ4v) is 1.79. The third-order valence-electron chi connectivity index (χ3n) is 2.66. The second-order valence-corrected chi connectivity index (χ2v) is 3.74. The lowest BCUT2D eigenvalue weighted by Gasteiger charge is -2.12. The summed E-state index contributed by atoms with van der Waals surface area (Å²) in [4.78, 5) is 15.2. The van der Waals surface area contributed by atoms with Gasteiger partial charge in [-0.25, -0.2) is 0 Å². The van der Waals surface area contributed by atoms with Crippen LogP contribution in [0.15, 0.2) is 36.7 Å². The number of methoxy groups -OCH3 is 1. The second-order valence-electron chi connectivity index (χ2n) is 3.74. The van der Waals surface area contributed by atoms with Crippen LogP contribution in [-0.2, 0) is 9.53 Å². The lowest BCUT2D eigenvalue weighted by atomic mass is 10.0. The average Bonchev–Trinajstić information content (AvgIpc) is 2.37. The van der Waals surface area contributed by atoms with Gasteiger partial charge in [0, 0.05) is 17.8 Å². The van der Waals surface area contributed by atoms with Crippen molar-refractivity contribution in [3.63, 3.8) is 0 Å². The van der Waals surface area contributed by atoms with Crippen molar-refractivity contribution in [1.82, 2.24) is 4.98 Å². The molecule has 0 saturated heterocycles. The number of nitrogens with zero attached hydrogens (tertiary/aromatic N) is 1. The van der Waals surface area contributed by atoms with Crippen LogP contribution in [0.4, 0.5) is 0 Å². The number of aliphatic hydroxyl groups is 1. The van der Waals surface area contributed by atoms with Gasteiger partial charge < -0.3 is 9.84 Å². The van der Waals surface area contributed by atoms with Crippen LogP contribution in [0.3, 0.4) is 0 Å². The van der Waals surface area contributed by atoms with Crippen molar-refractivity contribution in [3.05, 3.63) is 42.2 Å². The van der Waals surface area contributed by atoms with Gasteiger partial charge in [0.25, 0.3) is 0 Å². The molecule has 0 aliphatic rings. The Labute approximate surface area is 98.9 Å². The number of aliphatic hydroxyl groups excluding tert-OH is 1. The summed E-state index contributed by atoms with van der Waals surface area (Å²) in [5.41, 5.74) is 0.718. The smallest absolute Gasteiger partial charge is 0.308 e. The van der Waals surface area contributed by atoms with Crippen LogP contribution in [-0.4, -0.2) is 23.2 Å². The van der Waals surface area contributed by atoms with Crippen molar-refractivity contribution in [1.29, 1.82) is 0 Å². The second kappa shape index (κ2) is 4.93. The summed E-state index contributed by atoms with van der Waals surface area (Å²) in [5, 5.41) is 11.8. The minimum absolute atomic E-state index is 0.0437. The van der Waals surface area contributed by atoms with Crippen molar-refractivity contribution in [2.24, 2.45) is 0 Å². The molecule has 1 N–H and O–H groups in total. The number of carbonyl (C=O) groups excluding carboxylic acids is 1. The number of fused-ring (bicyclic) bond motifs is 1. The predicted octanol–water partition coefficient (Wildman–Crippen LogP) is 1.83. The van der Waals surface area contributed by atoms with E-state index in [0.29, 0.717) is 0 Å². The van der Waals surface area contributed by atoms with Gasteiger partial charge in [-0.15, -0.1) is 0 Å². The molecule has 0 bridgehead atoms. The Kier molecular flexibility index (Phi) is 3.35. The summed E-state index contributed by atoms with van der Waals surface area (Å²) in [7, 11) is 1.31. The van der Waals surface area contributed by atoms with Crippen LogP contribution in [0.2, 0.25) is 0 Å². The number of esters is 1. The Morgan fingerprint density at radius 1 is 1.47 bits per heavy atom. The first kappa shape index (κ1) is 11.5. The normalized spacial score (nSPS) is 12.4. The molecule has 0 aliphatic carbocycles. The monoisotopic (exact) mass is 231 g/mol. The van der Waals surface area contributed by atoms with E-state index < -0.39 is 12.1 Å². The molecule has 17 heavy (non-hydrogen) atoms. The summed E-state index contributed by atoms with van der Waals surface area (Å²) in [6.07, 6.45) is 2.49. The van der Waals surface area contributed by atoms with Gasteiger partial charge in [0.1, 0.15) is 0 Å². The predicted molar refractivity (Wildman–Crippen MR) is 63.3 cm³/mol. The molecule has 88 valence electrons. The van der Waals surface area contributed by atoms with Gasteiger partial charge in [0.15, 0.2) is 0 Å². The van der Waals surface area contributed by atoms with E-state index in [1.165, 1.54) is 7.11 Å². The van der Waals surface area contributed by atoms with E-state index in [-0.39, 0.29) is 6.42 Å². The van der Waals surface area contributed by atoms with Crippen LogP contribution < -0.4 is 0 Å². The molecule has 0 amide bonds. The van der Waals surface area contributed by atoms with Crippen LogP contribution in [0.1, 0.15) is 18.1 Å². The van der Waals surface area contributed by atoms with E-state index in [9.17, 15) is 9.90 Å². The van der Waals surface area contributed by atoms with Gasteiger partial charge in [-0.1, -0.05) is 18.2 Å². The van der Waals surface area contributed by atoms with E-state index in [0.717, 1.165) is 16.3 Å². The highest BCUT2D eigenvalue weighted by atomic mass is 16.5. The zero-order chi connectivity index (χ0) is 12.3. The molecular formula is C13H13NO3. The van der Waals surface area contributed by atoms with Crippen LogP contribution in [0.5, 0.6) is 0 Å². The molecule has 2 rings (SSSR count). The molecule has 2 aromatic rings. The van der Waals surface area contributed by atoms with E-state index in [4.69, 9.17) is 0 Å². The van der Waals surface area contributed by atoms with Gasteiger partial charge >= 0.3 is 5.97 Å². The Hall–Kier alpha value is -1.94. The van der Waals surface area contributed by atoms with Gasteiger partial charge in [0.2, 0.25) is 0 Å². The molecule has 0 unspecified atom stereocenters. The molecule has 1 aromatic heterocycles. The molecular weight excluding hydrogens is 218 g/mol. The molecule has 0 fully saturated rings. The molecule has 1 heterocycles. The lowest BCUT2D eigenvalue weighted by Crippen LogP contribution is -2.08. The minimum Gasteiger partial charge on any atom is -0.469 e. The maximum atomic E-state index is 11.1. The summed E-state index contributed by atoms with van der Waals surface area (Å²) in [6, 6.07) is 7.37. The quantitative estimate of drug-likeness (QED) is 0.819. The molecule has 1 aromatic carbocycles. The zero-order valence-electron chi connectivity index (χ0n) is 9.46. The number of hydrogen-bond donors (Lipinski definition) is 1. The molecule has 0 saturated carbocycles. The number of rotatable bonds is 3. The first-order chi connectivity index (χ1) is 8.22. The molecule has 4 nitrogen and oxygen atoms in total. The summed E-state index contributed by atoms with van der Waals surface area (Å²) in [6.45, 7) is 0. The van der Waals surface area contributed by atoms with Gasteiger partial charge in [-0.05, 0) is 17.0 Å². The highest BCUT2D eigenvalue weighted by Gasteiger charge is 2.15. The number of pyridine rings is 1. The zero-order valence-corrected chi connectivity index (χ0v) is 9.46. The minimum atomic E-state index is -0.853. The fraction of sp³-hybridized carbons (Fsp3) is 0.231. The molecule has 0 spiro atoms. The van der Waals surface area contributed by atoms with E-state index in [1.807, 2.05) is 18.2 Å². The topological polar surface area (TPSA) is 59.4 Å². The van der Waals surface area contributed by atoms with Crippen molar-refractivity contribution < 1.29 is 14.6 Å². The van der Waals surface area contributed by atoms with Gasteiger partial charge in [-0.2, -0.15) is 0 Å². The van der Waals surface area contributed by atoms with Crippen molar-refractivity contribution in [2.75, 3.05) is 7.11 Å². The highest BCUT2D eigenvalue weighted by Crippen LogP contribution is 2.25. The first-order valence-electron chi connectivity index (χ1n) is 5.30. The number of carbonyl (C=O) groups is 1. The number of benzene rings is 1. The van der Waals surface area contributed by atoms with Crippen LogP contribution in [0.25, 0.3) is 10.8 Å². The Morgan fingerprint density at radius 3 is 3.06 bits per heavy atom. The SMILES string of the molecule is COC(=O)C[C@@H](O)c1cccc2cnccc12. The molecule has 4 heteroatoms. The molecule has 0 aliphatic heterocycles.